The molecular formula is C67H128N2O7P+. The number of ether oxygens (including phenoxy) is 1. The molecule has 0 radical (unpaired) electrons. The molecule has 10 heteroatoms. The summed E-state index contributed by atoms with van der Waals surface area (Å²) in [6, 6.07) is -0.846. The fourth-order valence-electron chi connectivity index (χ4n) is 9.65. The largest absolute Gasteiger partial charge is 0.472 e. The van der Waals surface area contributed by atoms with E-state index in [-0.39, 0.29) is 25.1 Å². The minimum atomic E-state index is -4.45. The molecule has 77 heavy (non-hydrogen) atoms. The van der Waals surface area contributed by atoms with Crippen LogP contribution in [0.5, 0.6) is 0 Å². The molecule has 0 spiro atoms. The van der Waals surface area contributed by atoms with Gasteiger partial charge in [-0.15, -0.1) is 0 Å². The van der Waals surface area contributed by atoms with E-state index in [2.05, 4.69) is 62.5 Å². The summed E-state index contributed by atoms with van der Waals surface area (Å²) in [5.41, 5.74) is 0. The highest BCUT2D eigenvalue weighted by Gasteiger charge is 2.30. The van der Waals surface area contributed by atoms with Crippen LogP contribution in [0.3, 0.4) is 0 Å². The second kappa shape index (κ2) is 57.2. The number of esters is 1. The van der Waals surface area contributed by atoms with Gasteiger partial charge >= 0.3 is 13.8 Å². The van der Waals surface area contributed by atoms with E-state index in [1.807, 2.05) is 33.3 Å². The van der Waals surface area contributed by atoms with Crippen LogP contribution in [0.2, 0.25) is 0 Å². The molecule has 3 unspecified atom stereocenters. The van der Waals surface area contributed by atoms with Gasteiger partial charge in [0.05, 0.1) is 33.8 Å². The number of nitrogens with one attached hydrogen (secondary N) is 1. The second-order valence-corrected chi connectivity index (χ2v) is 25.1. The lowest BCUT2D eigenvalue weighted by Gasteiger charge is -2.27. The summed E-state index contributed by atoms with van der Waals surface area (Å²) >= 11 is 0. The summed E-state index contributed by atoms with van der Waals surface area (Å²) < 4.78 is 30.7. The monoisotopic (exact) mass is 1100 g/mol. The molecule has 2 N–H and O–H groups in total. The first kappa shape index (κ1) is 75.0. The molecule has 452 valence electrons. The zero-order chi connectivity index (χ0) is 56.4. The number of carbonyl (C=O) groups excluding carboxylic acids is 2. The van der Waals surface area contributed by atoms with Gasteiger partial charge < -0.3 is 19.4 Å². The van der Waals surface area contributed by atoms with Crippen molar-refractivity contribution in [3.8, 4) is 0 Å². The number of quaternary nitrogens is 1. The van der Waals surface area contributed by atoms with Crippen molar-refractivity contribution in [1.82, 2.24) is 5.32 Å². The lowest BCUT2D eigenvalue weighted by Crippen LogP contribution is -2.47. The number of allylic oxidation sites excluding steroid dienone is 7. The second-order valence-electron chi connectivity index (χ2n) is 23.6. The third-order valence-corrected chi connectivity index (χ3v) is 15.8. The molecule has 0 aromatic heterocycles. The first-order chi connectivity index (χ1) is 37.4. The van der Waals surface area contributed by atoms with Crippen LogP contribution in [0.1, 0.15) is 316 Å². The van der Waals surface area contributed by atoms with Gasteiger partial charge in [-0.25, -0.2) is 4.57 Å². The Balaban J connectivity index is 5.05. The number of phosphoric ester groups is 1. The standard InChI is InChI=1S/C67H127N2O7P/c1-7-10-13-16-19-22-25-27-29-30-31-32-33-34-35-36-37-38-40-41-44-47-50-53-56-59-66(70)68-64(63-75-77(72,73)74-62-61-69(4,5)6)65(58-55-52-49-46-43-24-21-18-15-12-9-3)76-67(71)60-57-54-51-48-45-42-39-28-26-23-20-17-14-11-8-2/h19,22,27,29,31-32,55,58,64-65H,7-18,20-21,23-26,28,30,33-54,56-57,59-63H2,1-6H3,(H-,68,70,72,73)/p+1/b22-19-,29-27-,32-31-,58-55-. The van der Waals surface area contributed by atoms with Gasteiger partial charge in [-0.1, -0.05) is 282 Å². The maximum atomic E-state index is 13.6. The molecule has 0 heterocycles. The van der Waals surface area contributed by atoms with Crippen LogP contribution in [0.4, 0.5) is 0 Å². The lowest BCUT2D eigenvalue weighted by atomic mass is 10.0. The molecule has 0 aliphatic carbocycles. The Kier molecular flexibility index (Phi) is 55.7. The Bertz CT molecular complexity index is 1460. The van der Waals surface area contributed by atoms with Crippen molar-refractivity contribution in [2.24, 2.45) is 0 Å². The third kappa shape index (κ3) is 58.4. The van der Waals surface area contributed by atoms with E-state index in [1.165, 1.54) is 212 Å². The summed E-state index contributed by atoms with van der Waals surface area (Å²) in [7, 11) is 1.50. The molecule has 3 atom stereocenters. The van der Waals surface area contributed by atoms with E-state index >= 15 is 0 Å². The van der Waals surface area contributed by atoms with Crippen molar-refractivity contribution >= 4 is 19.7 Å². The van der Waals surface area contributed by atoms with Gasteiger partial charge in [0.2, 0.25) is 5.91 Å². The quantitative estimate of drug-likeness (QED) is 0.0205. The summed E-state index contributed by atoms with van der Waals surface area (Å²) in [6.07, 6.45) is 71.1. The molecule has 0 aromatic carbocycles. The van der Waals surface area contributed by atoms with Gasteiger partial charge in [-0.3, -0.25) is 18.6 Å². The average molecular weight is 1100 g/mol. The zero-order valence-corrected chi connectivity index (χ0v) is 52.6. The Hall–Kier alpha value is -2.03. The molecular weight excluding hydrogens is 976 g/mol. The number of hydrogen-bond acceptors (Lipinski definition) is 6. The van der Waals surface area contributed by atoms with Crippen LogP contribution < -0.4 is 5.32 Å². The lowest BCUT2D eigenvalue weighted by molar-refractivity contribution is -0.870. The van der Waals surface area contributed by atoms with E-state index in [0.717, 1.165) is 70.6 Å². The minimum Gasteiger partial charge on any atom is -0.456 e. The van der Waals surface area contributed by atoms with Crippen molar-refractivity contribution in [3.63, 3.8) is 0 Å². The topological polar surface area (TPSA) is 111 Å². The van der Waals surface area contributed by atoms with Gasteiger partial charge in [0, 0.05) is 12.8 Å². The normalized spacial score (nSPS) is 13.9. The molecule has 1 amide bonds. The van der Waals surface area contributed by atoms with Crippen molar-refractivity contribution in [2.75, 3.05) is 40.9 Å². The first-order valence-electron chi connectivity index (χ1n) is 33.0. The molecule has 0 fully saturated rings. The fraction of sp³-hybridized carbons (Fsp3) is 0.851. The Morgan fingerprint density at radius 1 is 0.455 bits per heavy atom. The fourth-order valence-corrected chi connectivity index (χ4v) is 10.4. The number of carbonyl (C=O) groups is 2. The van der Waals surface area contributed by atoms with Crippen LogP contribution in [-0.2, 0) is 27.9 Å². The van der Waals surface area contributed by atoms with Crippen LogP contribution in [-0.4, -0.2) is 74.3 Å². The molecule has 0 bridgehead atoms. The Morgan fingerprint density at radius 3 is 1.21 bits per heavy atom. The van der Waals surface area contributed by atoms with Crippen LogP contribution in [0, 0.1) is 0 Å². The minimum absolute atomic E-state index is 0.0414. The first-order valence-corrected chi connectivity index (χ1v) is 34.5. The van der Waals surface area contributed by atoms with Crippen LogP contribution in [0.15, 0.2) is 48.6 Å². The van der Waals surface area contributed by atoms with E-state index in [9.17, 15) is 19.0 Å². The van der Waals surface area contributed by atoms with E-state index in [0.29, 0.717) is 23.9 Å². The number of likely N-dealkylation sites (N-methyl/N-ethyl adjacent to an activating group) is 1. The highest BCUT2D eigenvalue weighted by atomic mass is 31.2. The van der Waals surface area contributed by atoms with Crippen molar-refractivity contribution < 1.29 is 37.3 Å². The maximum Gasteiger partial charge on any atom is 0.472 e. The van der Waals surface area contributed by atoms with Gasteiger partial charge in [0.15, 0.2) is 0 Å². The average Bonchev–Trinajstić information content (AvgIpc) is 3.39. The van der Waals surface area contributed by atoms with Crippen molar-refractivity contribution in [3.05, 3.63) is 48.6 Å². The van der Waals surface area contributed by atoms with E-state index in [1.54, 1.807) is 0 Å². The van der Waals surface area contributed by atoms with Crippen molar-refractivity contribution in [1.29, 1.82) is 0 Å². The van der Waals surface area contributed by atoms with Gasteiger partial charge in [-0.2, -0.15) is 0 Å². The molecule has 0 aliphatic heterocycles. The van der Waals surface area contributed by atoms with Crippen LogP contribution in [0.25, 0.3) is 0 Å². The number of nitrogens with zero attached hydrogens (tertiary/aromatic N) is 1. The van der Waals surface area contributed by atoms with E-state index in [4.69, 9.17) is 13.8 Å². The summed E-state index contributed by atoms with van der Waals surface area (Å²) in [6.45, 7) is 7.01. The predicted octanol–water partition coefficient (Wildman–Crippen LogP) is 20.5. The third-order valence-electron chi connectivity index (χ3n) is 14.8. The molecule has 0 aromatic rings. The van der Waals surface area contributed by atoms with Crippen LogP contribution >= 0.6 is 7.82 Å². The summed E-state index contributed by atoms with van der Waals surface area (Å²) in [5.74, 6) is -0.495. The van der Waals surface area contributed by atoms with E-state index < -0.39 is 20.0 Å². The van der Waals surface area contributed by atoms with Gasteiger partial charge in [0.25, 0.3) is 0 Å². The van der Waals surface area contributed by atoms with Gasteiger partial charge in [0.1, 0.15) is 19.3 Å². The molecule has 0 saturated carbocycles. The number of phosphoric acid groups is 1. The van der Waals surface area contributed by atoms with Gasteiger partial charge in [-0.05, 0) is 70.3 Å². The Morgan fingerprint density at radius 2 is 0.792 bits per heavy atom. The predicted molar refractivity (Wildman–Crippen MR) is 332 cm³/mol. The summed E-state index contributed by atoms with van der Waals surface area (Å²) in [5, 5.41) is 3.06. The smallest absolute Gasteiger partial charge is 0.456 e. The SMILES string of the molecule is CCCCC/C=C\C/C=C\C/C=C\CCCCCCCCCCCCCCC(=O)NC(COP(=O)(O)OCC[N+](C)(C)C)C(/C=C\CCCCCCCCCCC)OC(=O)CCCCCCCCCCCCCCCCC. The summed E-state index contributed by atoms with van der Waals surface area (Å²) in [4.78, 5) is 37.7. The number of hydrogen-bond donors (Lipinski definition) is 2. The number of amides is 1. The zero-order valence-electron chi connectivity index (χ0n) is 51.7. The molecule has 0 saturated heterocycles. The number of unbranched alkanes of at least 4 members (excludes halogenated alkanes) is 38. The molecule has 9 nitrogen and oxygen atoms in total. The highest BCUT2D eigenvalue weighted by molar-refractivity contribution is 7.47. The molecule has 0 rings (SSSR count). The van der Waals surface area contributed by atoms with Crippen molar-refractivity contribution in [2.45, 2.75) is 328 Å². The maximum absolute atomic E-state index is 13.6. The molecule has 0 aliphatic rings. The highest BCUT2D eigenvalue weighted by Crippen LogP contribution is 2.43. The number of rotatable bonds is 60. The Labute approximate surface area is 478 Å².